The van der Waals surface area contributed by atoms with E-state index in [-0.39, 0.29) is 0 Å². The highest BCUT2D eigenvalue weighted by molar-refractivity contribution is 7.00. The van der Waals surface area contributed by atoms with Crippen molar-refractivity contribution in [2.75, 3.05) is 0 Å². The second-order valence-corrected chi connectivity index (χ2v) is 17.0. The Labute approximate surface area is 238 Å². The van der Waals surface area contributed by atoms with E-state index in [2.05, 4.69) is 120 Å². The minimum Gasteiger partial charge on any atom is -0.372 e. The first-order chi connectivity index (χ1) is 18.6. The summed E-state index contributed by atoms with van der Waals surface area (Å²) in [6.07, 6.45) is 14.8. The Balaban J connectivity index is 1.81. The monoisotopic (exact) mass is 536 g/mol. The molecule has 2 aromatic carbocycles. The summed E-state index contributed by atoms with van der Waals surface area (Å²) < 4.78 is 5.94. The van der Waals surface area contributed by atoms with Crippen LogP contribution < -0.4 is 10.4 Å². The summed E-state index contributed by atoms with van der Waals surface area (Å²) in [4.78, 5) is 0. The lowest BCUT2D eigenvalue weighted by Gasteiger charge is -2.49. The molecule has 0 N–H and O–H groups in total. The minimum absolute atomic E-state index is 0.463. The van der Waals surface area contributed by atoms with E-state index >= 15 is 0 Å². The van der Waals surface area contributed by atoms with E-state index in [1.807, 2.05) is 0 Å². The van der Waals surface area contributed by atoms with Gasteiger partial charge in [-0.15, -0.1) is 0 Å². The molecule has 1 aliphatic carbocycles. The van der Waals surface area contributed by atoms with E-state index in [0.29, 0.717) is 23.8 Å². The molecule has 2 fully saturated rings. The molecule has 6 rings (SSSR count). The topological polar surface area (TPSA) is 6.48 Å². The fraction of sp³-hybridized carbons (Fsp3) is 0.500. The smallest absolute Gasteiger partial charge is 0.336 e. The predicted octanol–water partition coefficient (Wildman–Crippen LogP) is 8.02. The van der Waals surface area contributed by atoms with Crippen molar-refractivity contribution in [3.63, 3.8) is 0 Å². The number of hydrogen-bond acceptors (Lipinski definition) is 2. The van der Waals surface area contributed by atoms with Crippen LogP contribution in [0.5, 0.6) is 0 Å². The molecule has 0 aromatic heterocycles. The number of fused-ring (bicyclic) bond motifs is 4. The van der Waals surface area contributed by atoms with Crippen LogP contribution in [0.1, 0.15) is 118 Å². The van der Waals surface area contributed by atoms with Crippen molar-refractivity contribution in [3.05, 3.63) is 93.5 Å². The van der Waals surface area contributed by atoms with Crippen LogP contribution in [-0.2, 0) is 0 Å². The summed E-state index contributed by atoms with van der Waals surface area (Å²) in [5, 5.41) is 3.32. The third-order valence-electron chi connectivity index (χ3n) is 10.1. The first-order valence-electron chi connectivity index (χ1n) is 15.5. The summed E-state index contributed by atoms with van der Waals surface area (Å²) in [5.41, 5.74) is 12.1. The standard InChI is InChI=1S/C36H48N2Si/c1-22(2)29-19-30(23(3)4)36(31(20-29)24(5)6)39(35-26(8)17-25(7)18-27(35)9)37-16-11-10-14-33(37)34-21-28-13-12-15-32(28)38(34)39/h10-11,14,16-20,22-24,28,32H,12-13,15,21H2,1-9H3/t28-,32-,39-/m1/s1. The molecule has 1 saturated carbocycles. The van der Waals surface area contributed by atoms with Crippen molar-refractivity contribution in [2.24, 2.45) is 5.92 Å². The van der Waals surface area contributed by atoms with Gasteiger partial charge in [0.05, 0.1) is 5.70 Å². The molecule has 39 heavy (non-hydrogen) atoms. The summed E-state index contributed by atoms with van der Waals surface area (Å²) in [5.74, 6) is 2.24. The molecule has 206 valence electrons. The fourth-order valence-electron chi connectivity index (χ4n) is 8.58. The predicted molar refractivity (Wildman–Crippen MR) is 169 cm³/mol. The van der Waals surface area contributed by atoms with Crippen LogP contribution in [0, 0.1) is 26.7 Å². The van der Waals surface area contributed by atoms with Gasteiger partial charge in [-0.3, -0.25) is 0 Å². The van der Waals surface area contributed by atoms with Crippen molar-refractivity contribution in [1.29, 1.82) is 0 Å². The van der Waals surface area contributed by atoms with Crippen molar-refractivity contribution < 1.29 is 0 Å². The third kappa shape index (κ3) is 3.79. The third-order valence-corrected chi connectivity index (χ3v) is 15.2. The molecule has 3 aliphatic heterocycles. The molecule has 2 nitrogen and oxygen atoms in total. The van der Waals surface area contributed by atoms with Crippen LogP contribution in [-0.4, -0.2) is 23.6 Å². The van der Waals surface area contributed by atoms with Gasteiger partial charge in [0, 0.05) is 11.7 Å². The quantitative estimate of drug-likeness (QED) is 0.357. The maximum atomic E-state index is 3.10. The van der Waals surface area contributed by atoms with Crippen LogP contribution in [0.4, 0.5) is 0 Å². The second-order valence-electron chi connectivity index (χ2n) is 13.7. The van der Waals surface area contributed by atoms with E-state index in [1.165, 1.54) is 53.6 Å². The van der Waals surface area contributed by atoms with E-state index in [9.17, 15) is 0 Å². The molecule has 2 aromatic rings. The summed E-state index contributed by atoms with van der Waals surface area (Å²) in [6.45, 7) is 21.5. The summed E-state index contributed by atoms with van der Waals surface area (Å²) in [6, 6.07) is 10.8. The van der Waals surface area contributed by atoms with Crippen molar-refractivity contribution in [1.82, 2.24) is 9.13 Å². The second kappa shape index (κ2) is 9.54. The molecule has 3 atom stereocenters. The Morgan fingerprint density at radius 1 is 0.769 bits per heavy atom. The highest BCUT2D eigenvalue weighted by Gasteiger charge is 2.64. The minimum atomic E-state index is -2.69. The zero-order chi connectivity index (χ0) is 27.8. The molecule has 0 bridgehead atoms. The van der Waals surface area contributed by atoms with E-state index in [4.69, 9.17) is 0 Å². The van der Waals surface area contributed by atoms with Gasteiger partial charge >= 0.3 is 8.40 Å². The van der Waals surface area contributed by atoms with E-state index in [1.54, 1.807) is 27.2 Å². The molecule has 3 heterocycles. The number of allylic oxidation sites excluding steroid dienone is 4. The molecule has 3 heteroatoms. The SMILES string of the molecule is Cc1cc(C)c([Si@@]2(c3c(C(C)C)cc(C(C)C)cc3C(C)C)N3C=CC=CC3=C3C[C@H]4CCC[C@H]4N32)c(C)c1. The Bertz CT molecular complexity index is 1360. The Morgan fingerprint density at radius 2 is 1.41 bits per heavy atom. The zero-order valence-corrected chi connectivity index (χ0v) is 26.7. The summed E-state index contributed by atoms with van der Waals surface area (Å²) >= 11 is 0. The Hall–Kier alpha value is -2.52. The van der Waals surface area contributed by atoms with Crippen LogP contribution in [0.15, 0.2) is 60.1 Å². The zero-order valence-electron chi connectivity index (χ0n) is 25.7. The van der Waals surface area contributed by atoms with Crippen LogP contribution in [0.2, 0.25) is 0 Å². The molecule has 0 spiro atoms. The average molecular weight is 537 g/mol. The van der Waals surface area contributed by atoms with Gasteiger partial charge in [-0.25, -0.2) is 0 Å². The average Bonchev–Trinajstić information content (AvgIpc) is 3.53. The van der Waals surface area contributed by atoms with Crippen molar-refractivity contribution in [2.45, 2.75) is 112 Å². The molecule has 0 amide bonds. The van der Waals surface area contributed by atoms with E-state index in [0.717, 1.165) is 5.92 Å². The number of benzene rings is 2. The van der Waals surface area contributed by atoms with Gasteiger partial charge < -0.3 is 9.13 Å². The maximum Gasteiger partial charge on any atom is 0.336 e. The van der Waals surface area contributed by atoms with Gasteiger partial charge in [0.25, 0.3) is 0 Å². The van der Waals surface area contributed by atoms with Crippen LogP contribution in [0.25, 0.3) is 0 Å². The lowest BCUT2D eigenvalue weighted by Crippen LogP contribution is -2.78. The molecule has 0 radical (unpaired) electrons. The van der Waals surface area contributed by atoms with Gasteiger partial charge in [-0.05, 0) is 120 Å². The largest absolute Gasteiger partial charge is 0.372 e. The van der Waals surface area contributed by atoms with Crippen LogP contribution >= 0.6 is 0 Å². The number of rotatable bonds is 5. The molecular formula is C36H48N2Si. The number of hydrogen-bond donors (Lipinski definition) is 0. The number of aryl methyl sites for hydroxylation is 3. The molecule has 0 unspecified atom stereocenters. The van der Waals surface area contributed by atoms with Gasteiger partial charge in [-0.1, -0.05) is 83.9 Å². The number of nitrogens with zero attached hydrogens (tertiary/aromatic N) is 2. The van der Waals surface area contributed by atoms with Gasteiger partial charge in [-0.2, -0.15) is 0 Å². The Morgan fingerprint density at radius 3 is 2.00 bits per heavy atom. The first kappa shape index (κ1) is 26.7. The fourth-order valence-corrected chi connectivity index (χ4v) is 15.1. The van der Waals surface area contributed by atoms with Gasteiger partial charge in [0.1, 0.15) is 0 Å². The normalized spacial score (nSPS) is 25.5. The highest BCUT2D eigenvalue weighted by atomic mass is 28.3. The first-order valence-corrected chi connectivity index (χ1v) is 17.4. The molecule has 4 aliphatic rings. The van der Waals surface area contributed by atoms with Gasteiger partial charge in [0.2, 0.25) is 0 Å². The molecule has 1 saturated heterocycles. The Kier molecular flexibility index (Phi) is 6.53. The van der Waals surface area contributed by atoms with Crippen molar-refractivity contribution in [3.8, 4) is 0 Å². The maximum absolute atomic E-state index is 3.10. The van der Waals surface area contributed by atoms with Crippen molar-refractivity contribution >= 4 is 18.8 Å². The lowest BCUT2D eigenvalue weighted by atomic mass is 9.89. The molecular weight excluding hydrogens is 488 g/mol. The highest BCUT2D eigenvalue weighted by Crippen LogP contribution is 2.53. The van der Waals surface area contributed by atoms with E-state index < -0.39 is 8.40 Å². The summed E-state index contributed by atoms with van der Waals surface area (Å²) in [7, 11) is -2.69. The lowest BCUT2D eigenvalue weighted by molar-refractivity contribution is 0.390. The van der Waals surface area contributed by atoms with Crippen LogP contribution in [0.3, 0.4) is 0 Å². The van der Waals surface area contributed by atoms with Gasteiger partial charge in [0.15, 0.2) is 0 Å².